The number of esters is 1. The van der Waals surface area contributed by atoms with Crippen LogP contribution in [0.25, 0.3) is 16.8 Å². The predicted octanol–water partition coefficient (Wildman–Crippen LogP) is 3.34. The summed E-state index contributed by atoms with van der Waals surface area (Å²) in [5.41, 5.74) is 2.51. The van der Waals surface area contributed by atoms with E-state index in [0.29, 0.717) is 17.1 Å². The molecular weight excluding hydrogens is 320 g/mol. The summed E-state index contributed by atoms with van der Waals surface area (Å²) in [6, 6.07) is 15.0. The summed E-state index contributed by atoms with van der Waals surface area (Å²) in [6.45, 7) is 0. The quantitative estimate of drug-likeness (QED) is 0.668. The van der Waals surface area contributed by atoms with Gasteiger partial charge in [0, 0.05) is 11.8 Å². The molecule has 0 spiro atoms. The van der Waals surface area contributed by atoms with Crippen molar-refractivity contribution in [3.8, 4) is 28.3 Å². The Morgan fingerprint density at radius 3 is 2.32 bits per heavy atom. The third-order valence-corrected chi connectivity index (χ3v) is 3.81. The first-order valence-electron chi connectivity index (χ1n) is 7.63. The molecule has 25 heavy (non-hydrogen) atoms. The van der Waals surface area contributed by atoms with E-state index in [1.54, 1.807) is 37.2 Å². The Morgan fingerprint density at radius 2 is 1.68 bits per heavy atom. The fourth-order valence-corrected chi connectivity index (χ4v) is 2.55. The lowest BCUT2D eigenvalue weighted by Crippen LogP contribution is -2.05. The van der Waals surface area contributed by atoms with Gasteiger partial charge < -0.3 is 14.2 Å². The number of nitrogens with zero attached hydrogens (tertiary/aromatic N) is 2. The summed E-state index contributed by atoms with van der Waals surface area (Å²) in [5.74, 6) is 0.684. The normalized spacial score (nSPS) is 10.4. The van der Waals surface area contributed by atoms with Gasteiger partial charge in [-0.25, -0.2) is 9.48 Å². The highest BCUT2D eigenvalue weighted by Gasteiger charge is 2.20. The van der Waals surface area contributed by atoms with Crippen LogP contribution >= 0.6 is 0 Å². The third-order valence-electron chi connectivity index (χ3n) is 3.81. The molecule has 0 fully saturated rings. The number of rotatable bonds is 5. The molecule has 6 heteroatoms. The van der Waals surface area contributed by atoms with E-state index in [1.165, 1.54) is 7.11 Å². The molecule has 0 N–H and O–H groups in total. The van der Waals surface area contributed by atoms with Crippen LogP contribution in [-0.4, -0.2) is 37.1 Å². The van der Waals surface area contributed by atoms with Crippen molar-refractivity contribution in [2.75, 3.05) is 21.3 Å². The first-order chi connectivity index (χ1) is 12.2. The molecule has 0 atom stereocenters. The van der Waals surface area contributed by atoms with E-state index in [9.17, 15) is 4.79 Å². The lowest BCUT2D eigenvalue weighted by Gasteiger charge is -2.09. The number of methoxy groups -OCH3 is 3. The maximum Gasteiger partial charge on any atom is 0.359 e. The Balaban J connectivity index is 2.14. The highest BCUT2D eigenvalue weighted by molar-refractivity contribution is 5.95. The van der Waals surface area contributed by atoms with Gasteiger partial charge in [-0.1, -0.05) is 24.3 Å². The van der Waals surface area contributed by atoms with Crippen molar-refractivity contribution in [1.29, 1.82) is 0 Å². The zero-order valence-electron chi connectivity index (χ0n) is 14.2. The van der Waals surface area contributed by atoms with Gasteiger partial charge in [0.25, 0.3) is 0 Å². The first-order valence-corrected chi connectivity index (χ1v) is 7.63. The van der Waals surface area contributed by atoms with E-state index in [4.69, 9.17) is 14.2 Å². The third kappa shape index (κ3) is 3.19. The summed E-state index contributed by atoms with van der Waals surface area (Å²) in [6.07, 6.45) is 1.79. The number of carbonyl (C=O) groups is 1. The molecule has 6 nitrogen and oxygen atoms in total. The van der Waals surface area contributed by atoms with Crippen molar-refractivity contribution >= 4 is 5.97 Å². The summed E-state index contributed by atoms with van der Waals surface area (Å²) < 4.78 is 17.1. The molecule has 0 amide bonds. The second-order valence-electron chi connectivity index (χ2n) is 5.23. The zero-order chi connectivity index (χ0) is 17.8. The van der Waals surface area contributed by atoms with E-state index in [0.717, 1.165) is 11.3 Å². The number of ether oxygens (including phenoxy) is 3. The van der Waals surface area contributed by atoms with Gasteiger partial charge in [0.15, 0.2) is 17.2 Å². The number of benzene rings is 2. The van der Waals surface area contributed by atoms with E-state index < -0.39 is 5.97 Å². The summed E-state index contributed by atoms with van der Waals surface area (Å²) in [5, 5.41) is 4.40. The molecule has 3 aromatic rings. The van der Waals surface area contributed by atoms with Crippen LogP contribution in [0.15, 0.2) is 54.7 Å². The standard InChI is InChI=1S/C19H18N2O4/c1-23-16-10-9-13(11-17(16)24-2)15-12-21(14-7-5-4-6-8-14)20-18(15)19(22)25-3/h4-12H,1-3H3. The predicted molar refractivity (Wildman–Crippen MR) is 93.4 cm³/mol. The number of hydrogen-bond acceptors (Lipinski definition) is 5. The van der Waals surface area contributed by atoms with Crippen LogP contribution in [0.2, 0.25) is 0 Å². The second-order valence-corrected chi connectivity index (χ2v) is 5.23. The fraction of sp³-hybridized carbons (Fsp3) is 0.158. The molecule has 3 rings (SSSR count). The van der Waals surface area contributed by atoms with Gasteiger partial charge in [0.1, 0.15) is 0 Å². The molecule has 0 saturated heterocycles. The summed E-state index contributed by atoms with van der Waals surface area (Å²) in [4.78, 5) is 12.2. The van der Waals surface area contributed by atoms with Gasteiger partial charge >= 0.3 is 5.97 Å². The highest BCUT2D eigenvalue weighted by Crippen LogP contribution is 2.34. The van der Waals surface area contributed by atoms with E-state index in [2.05, 4.69) is 5.10 Å². The van der Waals surface area contributed by atoms with Crippen molar-refractivity contribution < 1.29 is 19.0 Å². The molecule has 1 aromatic heterocycles. The van der Waals surface area contributed by atoms with E-state index in [-0.39, 0.29) is 5.69 Å². The van der Waals surface area contributed by atoms with Gasteiger partial charge in [0.2, 0.25) is 0 Å². The summed E-state index contributed by atoms with van der Waals surface area (Å²) >= 11 is 0. The lowest BCUT2D eigenvalue weighted by molar-refractivity contribution is 0.0594. The molecule has 0 bridgehead atoms. The van der Waals surface area contributed by atoms with Crippen LogP contribution in [-0.2, 0) is 4.74 Å². The minimum atomic E-state index is -0.500. The number of hydrogen-bond donors (Lipinski definition) is 0. The Labute approximate surface area is 145 Å². The Hall–Kier alpha value is -3.28. The van der Waals surface area contributed by atoms with Crippen LogP contribution < -0.4 is 9.47 Å². The molecular formula is C19H18N2O4. The van der Waals surface area contributed by atoms with Gasteiger partial charge in [-0.15, -0.1) is 0 Å². The Morgan fingerprint density at radius 1 is 0.960 bits per heavy atom. The molecule has 0 radical (unpaired) electrons. The highest BCUT2D eigenvalue weighted by atomic mass is 16.5. The zero-order valence-corrected chi connectivity index (χ0v) is 14.2. The second kappa shape index (κ2) is 7.09. The minimum absolute atomic E-state index is 0.235. The molecule has 2 aromatic carbocycles. The van der Waals surface area contributed by atoms with Gasteiger partial charge in [0.05, 0.1) is 27.0 Å². The van der Waals surface area contributed by atoms with E-state index >= 15 is 0 Å². The smallest absolute Gasteiger partial charge is 0.359 e. The minimum Gasteiger partial charge on any atom is -0.493 e. The molecule has 0 aliphatic carbocycles. The van der Waals surface area contributed by atoms with Crippen molar-refractivity contribution in [1.82, 2.24) is 9.78 Å². The topological polar surface area (TPSA) is 62.6 Å². The molecule has 128 valence electrons. The number of carbonyl (C=O) groups excluding carboxylic acids is 1. The van der Waals surface area contributed by atoms with Crippen molar-refractivity contribution in [2.45, 2.75) is 0 Å². The molecule has 1 heterocycles. The lowest BCUT2D eigenvalue weighted by atomic mass is 10.1. The SMILES string of the molecule is COC(=O)c1nn(-c2ccccc2)cc1-c1ccc(OC)c(OC)c1. The average Bonchev–Trinajstić information content (AvgIpc) is 3.13. The van der Waals surface area contributed by atoms with Crippen LogP contribution in [0, 0.1) is 0 Å². The van der Waals surface area contributed by atoms with Crippen molar-refractivity contribution in [3.05, 3.63) is 60.4 Å². The van der Waals surface area contributed by atoms with Gasteiger partial charge in [-0.05, 0) is 29.8 Å². The molecule has 0 aliphatic rings. The number of aromatic nitrogens is 2. The monoisotopic (exact) mass is 338 g/mol. The maximum atomic E-state index is 12.2. The fourth-order valence-electron chi connectivity index (χ4n) is 2.55. The van der Waals surface area contributed by atoms with Crippen LogP contribution in [0.3, 0.4) is 0 Å². The Kier molecular flexibility index (Phi) is 4.70. The molecule has 0 aliphatic heterocycles. The maximum absolute atomic E-state index is 12.2. The van der Waals surface area contributed by atoms with Gasteiger partial charge in [-0.3, -0.25) is 0 Å². The largest absolute Gasteiger partial charge is 0.493 e. The number of para-hydroxylation sites is 1. The summed E-state index contributed by atoms with van der Waals surface area (Å²) in [7, 11) is 4.48. The molecule has 0 saturated carbocycles. The van der Waals surface area contributed by atoms with Crippen LogP contribution in [0.4, 0.5) is 0 Å². The van der Waals surface area contributed by atoms with E-state index in [1.807, 2.05) is 36.4 Å². The van der Waals surface area contributed by atoms with Gasteiger partial charge in [-0.2, -0.15) is 5.10 Å². The van der Waals surface area contributed by atoms with Crippen molar-refractivity contribution in [3.63, 3.8) is 0 Å². The van der Waals surface area contributed by atoms with Crippen LogP contribution in [0.1, 0.15) is 10.5 Å². The van der Waals surface area contributed by atoms with Crippen molar-refractivity contribution in [2.24, 2.45) is 0 Å². The van der Waals surface area contributed by atoms with Crippen LogP contribution in [0.5, 0.6) is 11.5 Å². The average molecular weight is 338 g/mol. The Bertz CT molecular complexity index is 888. The first kappa shape index (κ1) is 16.6. The molecule has 0 unspecified atom stereocenters.